The van der Waals surface area contributed by atoms with E-state index in [4.69, 9.17) is 0 Å². The van der Waals surface area contributed by atoms with Gasteiger partial charge in [-0.15, -0.1) is 0 Å². The lowest BCUT2D eigenvalue weighted by molar-refractivity contribution is 0.104. The molecule has 1 aliphatic heterocycles. The molecule has 6 rings (SSSR count). The standard InChI is InChI=1S/C35H45FN6O2.C7H7NO/c1-5-8-30(37-4)10-7-16-41-34(43)32-22-29(36)23-38-33(32)42(35(41)44)31-11-6-9-28(21-31)27-14-12-26(13-15-27)24-39-17-19-40(20-18-39)25(2)3;1-6-3-2-4-7(5-9)8-6/h6,9,11-15,21-23,25,30,37H,5,7-8,10,16-20,24H2,1-4H3;2-5H,1H3. The van der Waals surface area contributed by atoms with E-state index in [0.717, 1.165) is 81.3 Å². The van der Waals surface area contributed by atoms with Crippen LogP contribution in [0.15, 0.2) is 88.6 Å². The molecule has 1 fully saturated rings. The van der Waals surface area contributed by atoms with Crippen LogP contribution in [0.25, 0.3) is 27.8 Å². The molecule has 0 bridgehead atoms. The Morgan fingerprint density at radius 2 is 1.66 bits per heavy atom. The minimum Gasteiger partial charge on any atom is -0.317 e. The predicted molar refractivity (Wildman–Crippen MR) is 210 cm³/mol. The second-order valence-corrected chi connectivity index (χ2v) is 14.0. The van der Waals surface area contributed by atoms with Crippen molar-refractivity contribution >= 4 is 17.3 Å². The number of carbonyl (C=O) groups excluding carboxylic acids is 1. The normalized spacial score (nSPS) is 14.2. The average Bonchev–Trinajstić information content (AvgIpc) is 3.17. The molecule has 3 aromatic heterocycles. The number of fused-ring (bicyclic) bond motifs is 1. The van der Waals surface area contributed by atoms with Crippen molar-refractivity contribution in [2.24, 2.45) is 0 Å². The second-order valence-electron chi connectivity index (χ2n) is 14.0. The summed E-state index contributed by atoms with van der Waals surface area (Å²) >= 11 is 0. The molecule has 53 heavy (non-hydrogen) atoms. The summed E-state index contributed by atoms with van der Waals surface area (Å²) in [4.78, 5) is 50.5. The van der Waals surface area contributed by atoms with E-state index in [-0.39, 0.29) is 17.6 Å². The summed E-state index contributed by atoms with van der Waals surface area (Å²) in [6.07, 6.45) is 5.34. The number of nitrogens with one attached hydrogen (secondary N) is 1. The lowest BCUT2D eigenvalue weighted by atomic mass is 10.0. The van der Waals surface area contributed by atoms with Gasteiger partial charge in [0.15, 0.2) is 11.9 Å². The Hall–Kier alpha value is -4.84. The minimum absolute atomic E-state index is 0.0901. The van der Waals surface area contributed by atoms with Crippen LogP contribution >= 0.6 is 0 Å². The van der Waals surface area contributed by atoms with Crippen molar-refractivity contribution in [3.05, 3.63) is 123 Å². The van der Waals surface area contributed by atoms with Gasteiger partial charge in [0.2, 0.25) is 0 Å². The van der Waals surface area contributed by atoms with Crippen molar-refractivity contribution in [1.29, 1.82) is 0 Å². The highest BCUT2D eigenvalue weighted by molar-refractivity contribution is 5.76. The fourth-order valence-electron chi connectivity index (χ4n) is 6.87. The van der Waals surface area contributed by atoms with Crippen LogP contribution in [-0.4, -0.2) is 80.5 Å². The number of aldehydes is 1. The Morgan fingerprint density at radius 3 is 2.30 bits per heavy atom. The molecule has 10 nitrogen and oxygen atoms in total. The third kappa shape index (κ3) is 10.2. The minimum atomic E-state index is -0.611. The SMILES string of the molecule is CCCC(CCCn1c(=O)c2cc(F)cnc2n(-c2cccc(-c3ccc(CN4CCN(C(C)C)CC4)cc3)c2)c1=O)NC.Cc1cccc(C=O)n1. The molecule has 1 N–H and O–H groups in total. The number of aryl methyl sites for hydroxylation is 1. The zero-order valence-corrected chi connectivity index (χ0v) is 31.6. The Kier molecular flexibility index (Phi) is 13.9. The van der Waals surface area contributed by atoms with Crippen LogP contribution in [0.4, 0.5) is 4.39 Å². The molecule has 0 spiro atoms. The number of carbonyl (C=O) groups is 1. The molecule has 4 heterocycles. The second kappa shape index (κ2) is 18.8. The summed E-state index contributed by atoms with van der Waals surface area (Å²) < 4.78 is 16.9. The fraction of sp³-hybridized carbons (Fsp3) is 0.405. The summed E-state index contributed by atoms with van der Waals surface area (Å²) in [6, 6.07) is 23.6. The maximum Gasteiger partial charge on any atom is 0.337 e. The van der Waals surface area contributed by atoms with Crippen molar-refractivity contribution in [2.45, 2.75) is 78.6 Å². The van der Waals surface area contributed by atoms with Crippen molar-refractivity contribution in [1.82, 2.24) is 34.2 Å². The van der Waals surface area contributed by atoms with E-state index in [9.17, 15) is 18.8 Å². The molecule has 0 amide bonds. The molecule has 1 atom stereocenters. The van der Waals surface area contributed by atoms with E-state index in [1.807, 2.05) is 50.4 Å². The first kappa shape index (κ1) is 39.4. The van der Waals surface area contributed by atoms with E-state index >= 15 is 0 Å². The molecule has 0 saturated carbocycles. The maximum atomic E-state index is 14.3. The Bertz CT molecular complexity index is 2090. The zero-order valence-electron chi connectivity index (χ0n) is 31.6. The van der Waals surface area contributed by atoms with Crippen LogP contribution in [0.3, 0.4) is 0 Å². The number of benzene rings is 2. The van der Waals surface area contributed by atoms with Crippen molar-refractivity contribution in [3.63, 3.8) is 0 Å². The highest BCUT2D eigenvalue weighted by atomic mass is 19.1. The molecule has 2 aromatic carbocycles. The summed E-state index contributed by atoms with van der Waals surface area (Å²) in [6.45, 7) is 14.0. The Balaban J connectivity index is 0.000000526. The van der Waals surface area contributed by atoms with Gasteiger partial charge in [0.1, 0.15) is 11.5 Å². The lowest BCUT2D eigenvalue weighted by Crippen LogP contribution is -2.48. The van der Waals surface area contributed by atoms with Crippen LogP contribution in [0.5, 0.6) is 0 Å². The van der Waals surface area contributed by atoms with Gasteiger partial charge >= 0.3 is 5.69 Å². The monoisotopic (exact) mass is 721 g/mol. The topological polar surface area (TPSA) is 105 Å². The highest BCUT2D eigenvalue weighted by Gasteiger charge is 2.20. The van der Waals surface area contributed by atoms with Gasteiger partial charge in [0.25, 0.3) is 5.56 Å². The number of halogens is 1. The molecule has 280 valence electrons. The number of nitrogens with zero attached hydrogens (tertiary/aromatic N) is 6. The van der Waals surface area contributed by atoms with Crippen molar-refractivity contribution in [3.8, 4) is 16.8 Å². The van der Waals surface area contributed by atoms with E-state index in [2.05, 4.69) is 70.1 Å². The van der Waals surface area contributed by atoms with E-state index < -0.39 is 17.1 Å². The summed E-state index contributed by atoms with van der Waals surface area (Å²) in [5, 5.41) is 3.40. The zero-order chi connectivity index (χ0) is 37.9. The quantitative estimate of drug-likeness (QED) is 0.142. The third-order valence-electron chi connectivity index (χ3n) is 9.89. The number of pyridine rings is 2. The van der Waals surface area contributed by atoms with Gasteiger partial charge in [-0.2, -0.15) is 0 Å². The number of hydrogen-bond donors (Lipinski definition) is 1. The van der Waals surface area contributed by atoms with Crippen LogP contribution < -0.4 is 16.6 Å². The van der Waals surface area contributed by atoms with Gasteiger partial charge in [0, 0.05) is 57.0 Å². The molecule has 1 saturated heterocycles. The van der Waals surface area contributed by atoms with Crippen LogP contribution in [-0.2, 0) is 13.1 Å². The number of aromatic nitrogens is 4. The lowest BCUT2D eigenvalue weighted by Gasteiger charge is -2.36. The van der Waals surface area contributed by atoms with Crippen LogP contribution in [0, 0.1) is 12.7 Å². The number of piperazine rings is 1. The largest absolute Gasteiger partial charge is 0.337 e. The smallest absolute Gasteiger partial charge is 0.317 e. The molecule has 1 unspecified atom stereocenters. The summed E-state index contributed by atoms with van der Waals surface area (Å²) in [7, 11) is 1.93. The predicted octanol–water partition coefficient (Wildman–Crippen LogP) is 6.25. The molecule has 5 aromatic rings. The summed E-state index contributed by atoms with van der Waals surface area (Å²) in [5.74, 6) is -0.611. The van der Waals surface area contributed by atoms with Gasteiger partial charge in [-0.1, -0.05) is 55.8 Å². The third-order valence-corrected chi connectivity index (χ3v) is 9.89. The highest BCUT2D eigenvalue weighted by Crippen LogP contribution is 2.24. The van der Waals surface area contributed by atoms with Gasteiger partial charge in [-0.25, -0.2) is 18.7 Å². The van der Waals surface area contributed by atoms with Crippen molar-refractivity contribution < 1.29 is 9.18 Å². The first-order valence-electron chi connectivity index (χ1n) is 18.6. The molecule has 0 aliphatic carbocycles. The molecular formula is C42H52FN7O3. The maximum absolute atomic E-state index is 14.3. The molecular weight excluding hydrogens is 670 g/mol. The Morgan fingerprint density at radius 1 is 0.925 bits per heavy atom. The van der Waals surface area contributed by atoms with E-state index in [1.165, 1.54) is 20.8 Å². The average molecular weight is 722 g/mol. The van der Waals surface area contributed by atoms with Crippen molar-refractivity contribution in [2.75, 3.05) is 33.2 Å². The van der Waals surface area contributed by atoms with Crippen LogP contribution in [0.2, 0.25) is 0 Å². The van der Waals surface area contributed by atoms with Gasteiger partial charge < -0.3 is 5.32 Å². The van der Waals surface area contributed by atoms with E-state index in [1.54, 1.807) is 6.07 Å². The van der Waals surface area contributed by atoms with Gasteiger partial charge in [-0.3, -0.25) is 28.9 Å². The first-order chi connectivity index (χ1) is 25.6. The first-order valence-corrected chi connectivity index (χ1v) is 18.6. The number of rotatable bonds is 13. The van der Waals surface area contributed by atoms with Crippen LogP contribution in [0.1, 0.15) is 68.2 Å². The van der Waals surface area contributed by atoms with Gasteiger partial charge in [0.05, 0.1) is 17.3 Å². The molecule has 1 aliphatic rings. The van der Waals surface area contributed by atoms with Gasteiger partial charge in [-0.05, 0) is 94.1 Å². The fourth-order valence-corrected chi connectivity index (χ4v) is 6.87. The van der Waals surface area contributed by atoms with E-state index in [0.29, 0.717) is 29.9 Å². The molecule has 11 heteroatoms. The number of hydrogen-bond acceptors (Lipinski definition) is 8. The Labute approximate surface area is 311 Å². The molecule has 0 radical (unpaired) electrons. The summed E-state index contributed by atoms with van der Waals surface area (Å²) in [5.41, 5.74) is 4.36.